The summed E-state index contributed by atoms with van der Waals surface area (Å²) in [4.78, 5) is 18.2. The van der Waals surface area contributed by atoms with Gasteiger partial charge in [0, 0.05) is 30.3 Å². The SMILES string of the molecule is [C-]#[N+]c1ccc(OCC(=O)N2CCC(CCc3cccc(OC(C)C)c3)CC2)c(-c2ccc(F)cc2O)c1. The zero-order valence-electron chi connectivity index (χ0n) is 21.8. The van der Waals surface area contributed by atoms with E-state index in [0.29, 0.717) is 41.6 Å². The normalized spacial score (nSPS) is 13.8. The largest absolute Gasteiger partial charge is 0.507 e. The van der Waals surface area contributed by atoms with Crippen molar-refractivity contribution in [3.63, 3.8) is 0 Å². The molecule has 0 bridgehead atoms. The van der Waals surface area contributed by atoms with Crippen LogP contribution in [0.3, 0.4) is 0 Å². The molecule has 0 spiro atoms. The molecule has 0 saturated carbocycles. The zero-order valence-corrected chi connectivity index (χ0v) is 21.8. The van der Waals surface area contributed by atoms with E-state index in [1.807, 2.05) is 30.9 Å². The number of hydrogen-bond acceptors (Lipinski definition) is 4. The lowest BCUT2D eigenvalue weighted by Gasteiger charge is -2.32. The van der Waals surface area contributed by atoms with Gasteiger partial charge in [0.25, 0.3) is 5.91 Å². The number of hydrogen-bond donors (Lipinski definition) is 1. The molecule has 0 aliphatic carbocycles. The van der Waals surface area contributed by atoms with Gasteiger partial charge < -0.3 is 19.5 Å². The number of aromatic hydroxyl groups is 1. The lowest BCUT2D eigenvalue weighted by molar-refractivity contribution is -0.134. The second-order valence-electron chi connectivity index (χ2n) is 9.92. The highest BCUT2D eigenvalue weighted by atomic mass is 19.1. The number of carbonyl (C=O) groups excluding carboxylic acids is 1. The number of nitrogens with zero attached hydrogens (tertiary/aromatic N) is 2. The van der Waals surface area contributed by atoms with Gasteiger partial charge in [0.15, 0.2) is 12.3 Å². The Bertz CT molecular complexity index is 1310. The summed E-state index contributed by atoms with van der Waals surface area (Å²) in [6.45, 7) is 12.6. The van der Waals surface area contributed by atoms with Gasteiger partial charge in [-0.25, -0.2) is 9.24 Å². The quantitative estimate of drug-likeness (QED) is 0.318. The average molecular weight is 517 g/mol. The van der Waals surface area contributed by atoms with Gasteiger partial charge >= 0.3 is 0 Å². The minimum atomic E-state index is -0.567. The number of carbonyl (C=O) groups is 1. The van der Waals surface area contributed by atoms with E-state index in [1.54, 1.807) is 18.2 Å². The topological polar surface area (TPSA) is 63.4 Å². The van der Waals surface area contributed by atoms with Crippen LogP contribution in [0.4, 0.5) is 10.1 Å². The van der Waals surface area contributed by atoms with E-state index in [4.69, 9.17) is 16.0 Å². The van der Waals surface area contributed by atoms with E-state index >= 15 is 0 Å². The van der Waals surface area contributed by atoms with E-state index in [9.17, 15) is 14.3 Å². The first-order valence-corrected chi connectivity index (χ1v) is 13.0. The smallest absolute Gasteiger partial charge is 0.260 e. The summed E-state index contributed by atoms with van der Waals surface area (Å²) in [5.74, 6) is 0.881. The molecule has 1 N–H and O–H groups in total. The Morgan fingerprint density at radius 1 is 1.11 bits per heavy atom. The highest BCUT2D eigenvalue weighted by Crippen LogP contribution is 2.38. The Balaban J connectivity index is 1.30. The van der Waals surface area contributed by atoms with E-state index in [1.165, 1.54) is 17.7 Å². The molecule has 3 aromatic rings. The number of ether oxygens (including phenoxy) is 2. The first-order valence-electron chi connectivity index (χ1n) is 13.0. The molecule has 0 unspecified atom stereocenters. The maximum Gasteiger partial charge on any atom is 0.260 e. The minimum Gasteiger partial charge on any atom is -0.507 e. The van der Waals surface area contributed by atoms with Crippen molar-refractivity contribution >= 4 is 11.6 Å². The summed E-state index contributed by atoms with van der Waals surface area (Å²) < 4.78 is 25.1. The number of amides is 1. The third-order valence-electron chi connectivity index (χ3n) is 6.77. The zero-order chi connectivity index (χ0) is 27.1. The molecule has 1 saturated heterocycles. The van der Waals surface area contributed by atoms with Crippen molar-refractivity contribution < 1.29 is 23.8 Å². The number of benzene rings is 3. The van der Waals surface area contributed by atoms with Gasteiger partial charge in [-0.15, -0.1) is 0 Å². The summed E-state index contributed by atoms with van der Waals surface area (Å²) in [7, 11) is 0. The van der Waals surface area contributed by atoms with Gasteiger partial charge in [0.1, 0.15) is 23.1 Å². The number of aryl methyl sites for hydroxylation is 1. The standard InChI is InChI=1S/C31H33FN2O4/c1-21(2)38-26-6-4-5-23(17-26)8-7-22-13-15-34(16-14-22)31(36)20-37-30-12-10-25(33-3)19-28(30)27-11-9-24(32)18-29(27)35/h4-6,9-12,17-19,21-22,35H,7-8,13-16,20H2,1-2H3. The van der Waals surface area contributed by atoms with Gasteiger partial charge in [0.05, 0.1) is 12.7 Å². The molecular weight excluding hydrogens is 483 g/mol. The number of phenolic OH excluding ortho intramolecular Hbond substituents is 1. The Kier molecular flexibility index (Phi) is 8.85. The summed E-state index contributed by atoms with van der Waals surface area (Å²) in [5.41, 5.74) is 2.39. The van der Waals surface area contributed by atoms with Crippen LogP contribution in [-0.4, -0.2) is 41.7 Å². The maximum absolute atomic E-state index is 13.5. The molecule has 7 heteroatoms. The van der Waals surface area contributed by atoms with E-state index in [0.717, 1.165) is 37.5 Å². The van der Waals surface area contributed by atoms with Crippen molar-refractivity contribution in [2.24, 2.45) is 5.92 Å². The van der Waals surface area contributed by atoms with Crippen LogP contribution in [0.5, 0.6) is 17.2 Å². The Hall–Kier alpha value is -4.05. The van der Waals surface area contributed by atoms with Crippen molar-refractivity contribution in [2.45, 2.75) is 45.6 Å². The van der Waals surface area contributed by atoms with Crippen molar-refractivity contribution in [1.29, 1.82) is 0 Å². The molecule has 1 heterocycles. The van der Waals surface area contributed by atoms with Crippen LogP contribution in [0.25, 0.3) is 16.0 Å². The number of likely N-dealkylation sites (tertiary alicyclic amines) is 1. The lowest BCUT2D eigenvalue weighted by atomic mass is 9.90. The fraction of sp³-hybridized carbons (Fsp3) is 0.355. The third kappa shape index (κ3) is 7.04. The van der Waals surface area contributed by atoms with Crippen molar-refractivity contribution in [2.75, 3.05) is 19.7 Å². The minimum absolute atomic E-state index is 0.106. The molecule has 1 fully saturated rings. The molecule has 0 atom stereocenters. The average Bonchev–Trinajstić information content (AvgIpc) is 2.91. The number of halogens is 1. The van der Waals surface area contributed by atoms with Crippen LogP contribution >= 0.6 is 0 Å². The molecule has 198 valence electrons. The first-order chi connectivity index (χ1) is 18.3. The monoisotopic (exact) mass is 516 g/mol. The number of phenols is 1. The number of rotatable bonds is 9. The summed E-state index contributed by atoms with van der Waals surface area (Å²) in [5, 5.41) is 10.2. The molecule has 0 radical (unpaired) electrons. The van der Waals surface area contributed by atoms with E-state index in [2.05, 4.69) is 17.0 Å². The lowest BCUT2D eigenvalue weighted by Crippen LogP contribution is -2.41. The molecule has 38 heavy (non-hydrogen) atoms. The summed E-state index contributed by atoms with van der Waals surface area (Å²) in [6.07, 6.45) is 4.10. The predicted molar refractivity (Wildman–Crippen MR) is 145 cm³/mol. The number of piperidine rings is 1. The fourth-order valence-corrected chi connectivity index (χ4v) is 4.78. The van der Waals surface area contributed by atoms with Gasteiger partial charge in [0.2, 0.25) is 0 Å². The highest BCUT2D eigenvalue weighted by Gasteiger charge is 2.23. The van der Waals surface area contributed by atoms with Crippen molar-refractivity contribution in [1.82, 2.24) is 4.90 Å². The second-order valence-corrected chi connectivity index (χ2v) is 9.92. The van der Waals surface area contributed by atoms with Crippen molar-refractivity contribution in [3.8, 4) is 28.4 Å². The van der Waals surface area contributed by atoms with Gasteiger partial charge in [-0.2, -0.15) is 0 Å². The fourth-order valence-electron chi connectivity index (χ4n) is 4.78. The molecule has 6 nitrogen and oxygen atoms in total. The van der Waals surface area contributed by atoms with Crippen molar-refractivity contribution in [3.05, 3.63) is 83.5 Å². The second kappa shape index (κ2) is 12.5. The maximum atomic E-state index is 13.5. The first kappa shape index (κ1) is 27.0. The molecule has 3 aromatic carbocycles. The molecule has 1 aliphatic rings. The Morgan fingerprint density at radius 3 is 2.61 bits per heavy atom. The van der Waals surface area contributed by atoms with E-state index in [-0.39, 0.29) is 24.4 Å². The highest BCUT2D eigenvalue weighted by molar-refractivity contribution is 5.81. The van der Waals surface area contributed by atoms with Gasteiger partial charge in [-0.05, 0) is 87.4 Å². The Labute approximate surface area is 223 Å². The Morgan fingerprint density at radius 2 is 1.89 bits per heavy atom. The van der Waals surface area contributed by atoms with Crippen LogP contribution in [0.1, 0.15) is 38.7 Å². The molecule has 0 aromatic heterocycles. The van der Waals surface area contributed by atoms with Crippen LogP contribution in [0, 0.1) is 18.3 Å². The summed E-state index contributed by atoms with van der Waals surface area (Å²) >= 11 is 0. The van der Waals surface area contributed by atoms with Crippen LogP contribution < -0.4 is 9.47 Å². The van der Waals surface area contributed by atoms with Crippen LogP contribution in [0.2, 0.25) is 0 Å². The third-order valence-corrected chi connectivity index (χ3v) is 6.77. The molecule has 4 rings (SSSR count). The van der Waals surface area contributed by atoms with Gasteiger partial charge in [-0.3, -0.25) is 4.79 Å². The molecule has 1 amide bonds. The summed E-state index contributed by atoms with van der Waals surface area (Å²) in [6, 6.07) is 16.7. The molecule has 1 aliphatic heterocycles. The van der Waals surface area contributed by atoms with Crippen LogP contribution in [-0.2, 0) is 11.2 Å². The van der Waals surface area contributed by atoms with E-state index < -0.39 is 5.82 Å². The molecular formula is C31H33FN2O4. The van der Waals surface area contributed by atoms with Gasteiger partial charge in [-0.1, -0.05) is 18.2 Å². The predicted octanol–water partition coefficient (Wildman–Crippen LogP) is 6.79. The van der Waals surface area contributed by atoms with Crippen LogP contribution in [0.15, 0.2) is 60.7 Å².